The van der Waals surface area contributed by atoms with Gasteiger partial charge in [-0.15, -0.1) is 0 Å². The van der Waals surface area contributed by atoms with Gasteiger partial charge in [-0.25, -0.2) is 0 Å². The average molecular weight is 529 g/mol. The highest BCUT2D eigenvalue weighted by atomic mass is 19.4. The zero-order chi connectivity index (χ0) is 27.5. The minimum Gasteiger partial charge on any atom is -0.385 e. The van der Waals surface area contributed by atoms with Crippen LogP contribution in [0.15, 0.2) is 48.7 Å². The van der Waals surface area contributed by atoms with Gasteiger partial charge in [0, 0.05) is 45.0 Å². The van der Waals surface area contributed by atoms with Crippen LogP contribution in [0.1, 0.15) is 41.5 Å². The predicted octanol–water partition coefficient (Wildman–Crippen LogP) is 4.14. The SMILES string of the molecule is CNC(=O)CCN(C=O)c1cnc2ccc(C3(O)CCN(Cc4ccc(C(F)(F)F)cc4)CC3)cc2c1C. The van der Waals surface area contributed by atoms with E-state index in [-0.39, 0.29) is 18.9 Å². The molecular formula is C28H31F3N4O3. The molecule has 1 aromatic heterocycles. The number of rotatable bonds is 8. The number of alkyl halides is 3. The molecule has 7 nitrogen and oxygen atoms in total. The van der Waals surface area contributed by atoms with E-state index in [0.29, 0.717) is 44.6 Å². The van der Waals surface area contributed by atoms with Gasteiger partial charge in [-0.2, -0.15) is 13.2 Å². The van der Waals surface area contributed by atoms with Gasteiger partial charge in [0.05, 0.1) is 28.6 Å². The molecule has 2 N–H and O–H groups in total. The number of aryl methyl sites for hydroxylation is 1. The van der Waals surface area contributed by atoms with Gasteiger partial charge in [0.15, 0.2) is 0 Å². The number of amides is 2. The van der Waals surface area contributed by atoms with E-state index in [1.165, 1.54) is 17.0 Å². The lowest BCUT2D eigenvalue weighted by Gasteiger charge is -2.38. The van der Waals surface area contributed by atoms with E-state index in [2.05, 4.69) is 15.2 Å². The Labute approximate surface area is 219 Å². The molecule has 0 radical (unpaired) electrons. The molecule has 1 aliphatic rings. The molecule has 4 rings (SSSR count). The van der Waals surface area contributed by atoms with Crippen LogP contribution in [0.3, 0.4) is 0 Å². The summed E-state index contributed by atoms with van der Waals surface area (Å²) in [5, 5.41) is 14.9. The lowest BCUT2D eigenvalue weighted by molar-refractivity contribution is -0.137. The molecule has 38 heavy (non-hydrogen) atoms. The van der Waals surface area contributed by atoms with Crippen molar-refractivity contribution >= 4 is 28.9 Å². The Morgan fingerprint density at radius 3 is 2.47 bits per heavy atom. The highest BCUT2D eigenvalue weighted by Crippen LogP contribution is 2.36. The first kappa shape index (κ1) is 27.5. The fraction of sp³-hybridized carbons (Fsp3) is 0.393. The second-order valence-corrected chi connectivity index (χ2v) is 9.72. The summed E-state index contributed by atoms with van der Waals surface area (Å²) < 4.78 is 38.5. The Hall–Kier alpha value is -3.50. The van der Waals surface area contributed by atoms with E-state index in [1.807, 2.05) is 25.1 Å². The van der Waals surface area contributed by atoms with Crippen LogP contribution in [-0.2, 0) is 27.9 Å². The lowest BCUT2D eigenvalue weighted by atomic mass is 9.83. The maximum absolute atomic E-state index is 12.8. The van der Waals surface area contributed by atoms with Crippen molar-refractivity contribution in [2.24, 2.45) is 0 Å². The number of fused-ring (bicyclic) bond motifs is 1. The first-order chi connectivity index (χ1) is 18.0. The van der Waals surface area contributed by atoms with Crippen molar-refractivity contribution in [1.82, 2.24) is 15.2 Å². The number of likely N-dealkylation sites (tertiary alicyclic amines) is 1. The Morgan fingerprint density at radius 1 is 1.18 bits per heavy atom. The smallest absolute Gasteiger partial charge is 0.385 e. The number of hydrogen-bond donors (Lipinski definition) is 2. The Bertz CT molecular complexity index is 1300. The average Bonchev–Trinajstić information content (AvgIpc) is 2.91. The molecular weight excluding hydrogens is 497 g/mol. The number of benzene rings is 2. The molecule has 1 saturated heterocycles. The summed E-state index contributed by atoms with van der Waals surface area (Å²) in [7, 11) is 1.54. The number of hydrogen-bond acceptors (Lipinski definition) is 5. The third-order valence-electron chi connectivity index (χ3n) is 7.31. The van der Waals surface area contributed by atoms with Crippen LogP contribution >= 0.6 is 0 Å². The van der Waals surface area contributed by atoms with E-state index >= 15 is 0 Å². The number of nitrogens with zero attached hydrogens (tertiary/aromatic N) is 3. The number of aliphatic hydroxyl groups is 1. The summed E-state index contributed by atoms with van der Waals surface area (Å²) in [6, 6.07) is 10.8. The monoisotopic (exact) mass is 528 g/mol. The van der Waals surface area contributed by atoms with Crippen LogP contribution in [-0.4, -0.2) is 54.0 Å². The highest BCUT2D eigenvalue weighted by Gasteiger charge is 2.34. The quantitative estimate of drug-likeness (QED) is 0.429. The van der Waals surface area contributed by atoms with Crippen molar-refractivity contribution < 1.29 is 27.9 Å². The molecule has 0 saturated carbocycles. The van der Waals surface area contributed by atoms with Gasteiger partial charge in [-0.05, 0) is 60.7 Å². The Balaban J connectivity index is 1.48. The summed E-state index contributed by atoms with van der Waals surface area (Å²) >= 11 is 0. The van der Waals surface area contributed by atoms with E-state index in [4.69, 9.17) is 0 Å². The van der Waals surface area contributed by atoms with Crippen LogP contribution in [0.25, 0.3) is 10.9 Å². The van der Waals surface area contributed by atoms with Crippen LogP contribution in [0.4, 0.5) is 18.9 Å². The Morgan fingerprint density at radius 2 is 1.87 bits per heavy atom. The van der Waals surface area contributed by atoms with Gasteiger partial charge >= 0.3 is 6.18 Å². The maximum atomic E-state index is 12.8. The predicted molar refractivity (Wildman–Crippen MR) is 138 cm³/mol. The normalized spacial score (nSPS) is 15.8. The van der Waals surface area contributed by atoms with Crippen molar-refractivity contribution in [3.05, 3.63) is 70.9 Å². The topological polar surface area (TPSA) is 85.8 Å². The van der Waals surface area contributed by atoms with E-state index in [0.717, 1.165) is 39.7 Å². The number of carbonyl (C=O) groups excluding carboxylic acids is 2. The largest absolute Gasteiger partial charge is 0.416 e. The number of carbonyl (C=O) groups is 2. The van der Waals surface area contributed by atoms with Gasteiger partial charge < -0.3 is 15.3 Å². The third kappa shape index (κ3) is 5.97. The van der Waals surface area contributed by atoms with Crippen molar-refractivity contribution in [3.8, 4) is 0 Å². The standard InChI is InChI=1S/C28H31F3N4O3/c1-19-23-15-22(7-8-24(23)33-16-25(19)35(18-36)12-9-26(37)32-2)27(38)10-13-34(14-11-27)17-20-3-5-21(6-4-20)28(29,30)31/h3-8,15-16,18,38H,9-14,17H2,1-2H3,(H,32,37). The number of anilines is 1. The Kier molecular flexibility index (Phi) is 8.03. The lowest BCUT2D eigenvalue weighted by Crippen LogP contribution is -2.42. The fourth-order valence-corrected chi connectivity index (χ4v) is 4.90. The summed E-state index contributed by atoms with van der Waals surface area (Å²) in [4.78, 5) is 31.5. The van der Waals surface area contributed by atoms with Gasteiger partial charge in [-0.3, -0.25) is 19.5 Å². The molecule has 3 aromatic rings. The molecule has 1 aliphatic heterocycles. The first-order valence-corrected chi connectivity index (χ1v) is 12.5. The summed E-state index contributed by atoms with van der Waals surface area (Å²) in [6.45, 7) is 3.79. The van der Waals surface area contributed by atoms with Crippen LogP contribution in [0, 0.1) is 6.92 Å². The molecule has 2 amide bonds. The van der Waals surface area contributed by atoms with Crippen molar-refractivity contribution in [2.45, 2.75) is 44.5 Å². The van der Waals surface area contributed by atoms with E-state index in [1.54, 1.807) is 13.2 Å². The zero-order valence-corrected chi connectivity index (χ0v) is 21.4. The van der Waals surface area contributed by atoms with Crippen molar-refractivity contribution in [2.75, 3.05) is 31.6 Å². The number of nitrogens with one attached hydrogen (secondary N) is 1. The molecule has 10 heteroatoms. The molecule has 0 atom stereocenters. The molecule has 2 heterocycles. The number of piperidine rings is 1. The second kappa shape index (κ2) is 11.1. The van der Waals surface area contributed by atoms with E-state index < -0.39 is 17.3 Å². The second-order valence-electron chi connectivity index (χ2n) is 9.72. The maximum Gasteiger partial charge on any atom is 0.416 e. The zero-order valence-electron chi connectivity index (χ0n) is 21.4. The van der Waals surface area contributed by atoms with Crippen LogP contribution < -0.4 is 10.2 Å². The van der Waals surface area contributed by atoms with Crippen LogP contribution in [0.5, 0.6) is 0 Å². The first-order valence-electron chi connectivity index (χ1n) is 12.5. The summed E-state index contributed by atoms with van der Waals surface area (Å²) in [5.41, 5.74) is 1.98. The number of aromatic nitrogens is 1. The molecule has 0 bridgehead atoms. The fourth-order valence-electron chi connectivity index (χ4n) is 4.90. The molecule has 0 aliphatic carbocycles. The van der Waals surface area contributed by atoms with Crippen LogP contribution in [0.2, 0.25) is 0 Å². The van der Waals surface area contributed by atoms with Gasteiger partial charge in [-0.1, -0.05) is 18.2 Å². The number of pyridine rings is 1. The van der Waals surface area contributed by atoms with Crippen molar-refractivity contribution in [1.29, 1.82) is 0 Å². The minimum absolute atomic E-state index is 0.162. The summed E-state index contributed by atoms with van der Waals surface area (Å²) in [5.74, 6) is -0.169. The minimum atomic E-state index is -4.36. The van der Waals surface area contributed by atoms with Gasteiger partial charge in [0.1, 0.15) is 0 Å². The number of halogens is 3. The van der Waals surface area contributed by atoms with E-state index in [9.17, 15) is 27.9 Å². The van der Waals surface area contributed by atoms with Crippen molar-refractivity contribution in [3.63, 3.8) is 0 Å². The summed E-state index contributed by atoms with van der Waals surface area (Å²) in [6.07, 6.45) is -0.955. The molecule has 0 unspecified atom stereocenters. The third-order valence-corrected chi connectivity index (χ3v) is 7.31. The van der Waals surface area contributed by atoms with Gasteiger partial charge in [0.2, 0.25) is 12.3 Å². The van der Waals surface area contributed by atoms with Gasteiger partial charge in [0.25, 0.3) is 0 Å². The highest BCUT2D eigenvalue weighted by molar-refractivity contribution is 5.90. The molecule has 0 spiro atoms. The molecule has 2 aromatic carbocycles. The molecule has 1 fully saturated rings. The molecule has 202 valence electrons.